The molecule has 0 saturated carbocycles. The van der Waals surface area contributed by atoms with E-state index in [1.54, 1.807) is 0 Å². The van der Waals surface area contributed by atoms with Crippen LogP contribution >= 0.6 is 0 Å². The fraction of sp³-hybridized carbons (Fsp3) is 0. The van der Waals surface area contributed by atoms with Crippen LogP contribution in [0.4, 0.5) is 0 Å². The van der Waals surface area contributed by atoms with Gasteiger partial charge in [0.05, 0.1) is 33.5 Å². The largest absolute Gasteiger partial charge is 0.307 e. The summed E-state index contributed by atoms with van der Waals surface area (Å²) in [6, 6.07) is 82.1. The molecule has 12 rings (SSSR count). The molecule has 0 amide bonds. The fourth-order valence-corrected chi connectivity index (χ4v) is 9.19. The van der Waals surface area contributed by atoms with Crippen molar-refractivity contribution in [2.24, 2.45) is 0 Å². The van der Waals surface area contributed by atoms with Gasteiger partial charge < -0.3 is 4.57 Å². The van der Waals surface area contributed by atoms with E-state index in [0.717, 1.165) is 61.0 Å². The van der Waals surface area contributed by atoms with Gasteiger partial charge in [-0.25, -0.2) is 9.97 Å². The van der Waals surface area contributed by atoms with Gasteiger partial charge in [-0.15, -0.1) is 0 Å². The second-order valence-corrected chi connectivity index (χ2v) is 15.8. The van der Waals surface area contributed by atoms with Crippen molar-refractivity contribution in [2.45, 2.75) is 0 Å². The van der Waals surface area contributed by atoms with Gasteiger partial charge in [0.15, 0.2) is 0 Å². The highest BCUT2D eigenvalue weighted by molar-refractivity contribution is 6.23. The molecule has 0 saturated heterocycles. The molecule has 62 heavy (non-hydrogen) atoms. The molecular formula is C58H38N4. The predicted molar refractivity (Wildman–Crippen MR) is 258 cm³/mol. The first-order valence-electron chi connectivity index (χ1n) is 21.1. The van der Waals surface area contributed by atoms with Crippen LogP contribution in [0, 0.1) is 0 Å². The summed E-state index contributed by atoms with van der Waals surface area (Å²) < 4.78 is 4.72. The molecule has 0 aliphatic carbocycles. The zero-order chi connectivity index (χ0) is 41.0. The van der Waals surface area contributed by atoms with Crippen LogP contribution in [0.15, 0.2) is 231 Å². The minimum Gasteiger partial charge on any atom is -0.307 e. The molecule has 0 atom stereocenters. The zero-order valence-corrected chi connectivity index (χ0v) is 33.7. The lowest BCUT2D eigenvalue weighted by Gasteiger charge is -2.14. The van der Waals surface area contributed by atoms with Crippen molar-refractivity contribution in [3.63, 3.8) is 0 Å². The molecule has 0 aliphatic heterocycles. The summed E-state index contributed by atoms with van der Waals surface area (Å²) in [6.45, 7) is 0. The van der Waals surface area contributed by atoms with E-state index < -0.39 is 0 Å². The number of aromatic nitrogens is 4. The lowest BCUT2D eigenvalue weighted by Crippen LogP contribution is -2.05. The maximum absolute atomic E-state index is 5.45. The van der Waals surface area contributed by atoms with Gasteiger partial charge in [-0.1, -0.05) is 194 Å². The third kappa shape index (κ3) is 6.00. The van der Waals surface area contributed by atoms with E-state index in [1.807, 2.05) is 6.07 Å². The summed E-state index contributed by atoms with van der Waals surface area (Å²) in [5, 5.41) is 4.66. The van der Waals surface area contributed by atoms with Crippen LogP contribution in [-0.4, -0.2) is 19.1 Å². The Morgan fingerprint density at radius 2 is 0.645 bits per heavy atom. The SMILES string of the molecule is c1ccc(-c2ccc(-c3cc(-c4ccccc4)nc(-n4c5ccccc5c5ccc6c7ccccc7n(-c7ccc(-c8cccc(-c9ccccc9)c8)cc7)c6c54)n3)cc2)cc1. The maximum Gasteiger partial charge on any atom is 0.235 e. The summed E-state index contributed by atoms with van der Waals surface area (Å²) in [4.78, 5) is 10.9. The Morgan fingerprint density at radius 1 is 0.258 bits per heavy atom. The number of hydrogen-bond acceptors (Lipinski definition) is 2. The van der Waals surface area contributed by atoms with E-state index in [9.17, 15) is 0 Å². The van der Waals surface area contributed by atoms with E-state index in [1.165, 1.54) is 44.2 Å². The first kappa shape index (κ1) is 35.6. The van der Waals surface area contributed by atoms with Gasteiger partial charge in [-0.05, 0) is 69.8 Å². The molecule has 4 heteroatoms. The quantitative estimate of drug-likeness (QED) is 0.161. The fourth-order valence-electron chi connectivity index (χ4n) is 9.19. The van der Waals surface area contributed by atoms with E-state index >= 15 is 0 Å². The predicted octanol–water partition coefficient (Wildman–Crippen LogP) is 15.0. The Morgan fingerprint density at radius 3 is 1.23 bits per heavy atom. The number of para-hydroxylation sites is 2. The topological polar surface area (TPSA) is 35.6 Å². The molecule has 0 bridgehead atoms. The highest BCUT2D eigenvalue weighted by Crippen LogP contribution is 2.42. The standard InChI is InChI=1S/C58H38N4/c1-4-15-39(16-5-1)41-27-29-44(30-28-41)53-38-52(43-19-8-3-9-20-43)59-58(60-53)62-55-26-13-11-24-49(55)51-36-35-50-48-23-10-12-25-54(48)61(56(50)57(51)62)47-33-31-42(32-34-47)46-22-14-21-45(37-46)40-17-6-2-7-18-40/h1-38H. The minimum atomic E-state index is 0.623. The third-order valence-corrected chi connectivity index (χ3v) is 12.2. The third-order valence-electron chi connectivity index (χ3n) is 12.2. The monoisotopic (exact) mass is 790 g/mol. The normalized spacial score (nSPS) is 11.5. The second kappa shape index (κ2) is 14.7. The van der Waals surface area contributed by atoms with Gasteiger partial charge in [0, 0.05) is 38.4 Å². The van der Waals surface area contributed by atoms with E-state index in [4.69, 9.17) is 9.97 Å². The molecule has 4 nitrogen and oxygen atoms in total. The molecule has 0 unspecified atom stereocenters. The van der Waals surface area contributed by atoms with Crippen molar-refractivity contribution < 1.29 is 0 Å². The van der Waals surface area contributed by atoms with Crippen LogP contribution in [-0.2, 0) is 0 Å². The van der Waals surface area contributed by atoms with Crippen molar-refractivity contribution in [1.29, 1.82) is 0 Å². The molecule has 9 aromatic carbocycles. The average molecular weight is 791 g/mol. The van der Waals surface area contributed by atoms with Gasteiger partial charge in [0.2, 0.25) is 5.95 Å². The summed E-state index contributed by atoms with van der Waals surface area (Å²) in [5.41, 5.74) is 16.4. The Hall–Kier alpha value is -8.34. The summed E-state index contributed by atoms with van der Waals surface area (Å²) in [6.07, 6.45) is 0. The van der Waals surface area contributed by atoms with Gasteiger partial charge in [0.1, 0.15) is 0 Å². The molecule has 3 heterocycles. The summed E-state index contributed by atoms with van der Waals surface area (Å²) in [5.74, 6) is 0.623. The Kier molecular flexibility index (Phi) is 8.46. The van der Waals surface area contributed by atoms with Gasteiger partial charge in [-0.2, -0.15) is 0 Å². The number of hydrogen-bond donors (Lipinski definition) is 0. The van der Waals surface area contributed by atoms with E-state index in [2.05, 4.69) is 234 Å². The molecule has 0 radical (unpaired) electrons. The average Bonchev–Trinajstić information content (AvgIpc) is 3.88. The smallest absolute Gasteiger partial charge is 0.235 e. The number of fused-ring (bicyclic) bond motifs is 7. The lowest BCUT2D eigenvalue weighted by atomic mass is 9.99. The van der Waals surface area contributed by atoms with Crippen molar-refractivity contribution in [2.75, 3.05) is 0 Å². The number of nitrogens with zero attached hydrogens (tertiary/aromatic N) is 4. The molecule has 3 aromatic heterocycles. The van der Waals surface area contributed by atoms with Crippen molar-refractivity contribution >= 4 is 43.6 Å². The highest BCUT2D eigenvalue weighted by atomic mass is 15.2. The second-order valence-electron chi connectivity index (χ2n) is 15.8. The van der Waals surface area contributed by atoms with Crippen molar-refractivity contribution in [3.8, 4) is 67.5 Å². The number of rotatable bonds is 7. The number of benzene rings is 9. The zero-order valence-electron chi connectivity index (χ0n) is 33.7. The minimum absolute atomic E-state index is 0.623. The molecule has 12 aromatic rings. The van der Waals surface area contributed by atoms with Gasteiger partial charge in [0.25, 0.3) is 0 Å². The van der Waals surface area contributed by atoms with Gasteiger partial charge in [-0.3, -0.25) is 4.57 Å². The lowest BCUT2D eigenvalue weighted by molar-refractivity contribution is 0.995. The first-order valence-corrected chi connectivity index (χ1v) is 21.1. The van der Waals surface area contributed by atoms with Crippen LogP contribution in [0.3, 0.4) is 0 Å². The Balaban J connectivity index is 1.09. The molecule has 0 N–H and O–H groups in total. The molecule has 0 fully saturated rings. The maximum atomic E-state index is 5.45. The first-order chi connectivity index (χ1) is 30.7. The Bertz CT molecular complexity index is 3590. The molecule has 290 valence electrons. The van der Waals surface area contributed by atoms with Crippen LogP contribution in [0.2, 0.25) is 0 Å². The molecular weight excluding hydrogens is 753 g/mol. The molecule has 0 aliphatic rings. The van der Waals surface area contributed by atoms with E-state index in [-0.39, 0.29) is 0 Å². The molecule has 0 spiro atoms. The van der Waals surface area contributed by atoms with Crippen molar-refractivity contribution in [3.05, 3.63) is 231 Å². The summed E-state index contributed by atoms with van der Waals surface area (Å²) >= 11 is 0. The highest BCUT2D eigenvalue weighted by Gasteiger charge is 2.23. The Labute approximate surface area is 359 Å². The summed E-state index contributed by atoms with van der Waals surface area (Å²) in [7, 11) is 0. The van der Waals surface area contributed by atoms with Gasteiger partial charge >= 0.3 is 0 Å². The van der Waals surface area contributed by atoms with Crippen LogP contribution in [0.1, 0.15) is 0 Å². The van der Waals surface area contributed by atoms with Crippen LogP contribution in [0.5, 0.6) is 0 Å². The van der Waals surface area contributed by atoms with E-state index in [0.29, 0.717) is 5.95 Å². The van der Waals surface area contributed by atoms with Crippen molar-refractivity contribution in [1.82, 2.24) is 19.1 Å². The van der Waals surface area contributed by atoms with Crippen LogP contribution in [0.25, 0.3) is 111 Å². The van der Waals surface area contributed by atoms with Crippen LogP contribution < -0.4 is 0 Å².